The van der Waals surface area contributed by atoms with Crippen LogP contribution in [0.1, 0.15) is 40.5 Å². The summed E-state index contributed by atoms with van der Waals surface area (Å²) in [6.07, 6.45) is 0.0974. The van der Waals surface area contributed by atoms with Crippen LogP contribution in [-0.4, -0.2) is 74.2 Å². The SMILES string of the molecule is C=C1C[C@@H](C(=O)Nc2ccc3c(c2)c2ccccc2n3CC)N(C(=O)Nc2cc(Cl)cc(Cl)c2)C1.C=C1C[C@@H](C(=O)O)N(C(=O)OC(C)(C)C)C1. The standard InChI is InChI=1S/C27H24Cl2N4O2.C11H17NO4/c1-3-32-23-7-5-4-6-21(23)22-14-19(8-9-24(22)32)30-26(34)25-10-16(2)15-33(25)27(35)31-20-12-17(28)11-18(29)13-20;1-7-5-8(9(13)14)12(6-7)10(15)16-11(2,3)4/h4-9,11-14,25H,2-3,10,15H2,1H3,(H,30,34)(H,31,35);8H,1,5-6H2,2-4H3,(H,13,14)/t25-;8-/m00/s1. The van der Waals surface area contributed by atoms with Gasteiger partial charge in [0, 0.05) is 69.3 Å². The van der Waals surface area contributed by atoms with Crippen molar-refractivity contribution in [3.05, 3.63) is 95.0 Å². The van der Waals surface area contributed by atoms with Crippen LogP contribution in [0.3, 0.4) is 0 Å². The van der Waals surface area contributed by atoms with Crippen LogP contribution < -0.4 is 10.6 Å². The number of nitrogens with zero attached hydrogens (tertiary/aromatic N) is 3. The first kappa shape index (κ1) is 37.3. The van der Waals surface area contributed by atoms with Crippen molar-refractivity contribution in [1.29, 1.82) is 0 Å². The largest absolute Gasteiger partial charge is 0.480 e. The number of aromatic nitrogens is 1. The molecule has 3 N–H and O–H groups in total. The molecule has 6 rings (SSSR count). The highest BCUT2D eigenvalue weighted by Crippen LogP contribution is 2.32. The van der Waals surface area contributed by atoms with Crippen molar-refractivity contribution in [2.45, 2.75) is 64.8 Å². The van der Waals surface area contributed by atoms with Crippen molar-refractivity contribution >= 4 is 80.4 Å². The molecule has 0 unspecified atom stereocenters. The zero-order chi connectivity index (χ0) is 37.2. The highest BCUT2D eigenvalue weighted by molar-refractivity contribution is 6.35. The van der Waals surface area contributed by atoms with E-state index in [1.165, 1.54) is 9.80 Å². The number of nitrogens with one attached hydrogen (secondary N) is 2. The lowest BCUT2D eigenvalue weighted by molar-refractivity contribution is -0.142. The average molecular weight is 735 g/mol. The number of amides is 4. The number of hydrogen-bond acceptors (Lipinski definition) is 5. The summed E-state index contributed by atoms with van der Waals surface area (Å²) in [5.74, 6) is -1.29. The van der Waals surface area contributed by atoms with Crippen LogP contribution in [-0.2, 0) is 20.9 Å². The Kier molecular flexibility index (Phi) is 11.0. The second-order valence-corrected chi connectivity index (χ2v) is 14.5. The smallest absolute Gasteiger partial charge is 0.411 e. The molecular formula is C38H41Cl2N5O6. The molecule has 3 heterocycles. The number of aryl methyl sites for hydroxylation is 1. The Morgan fingerprint density at radius 1 is 0.824 bits per heavy atom. The number of fused-ring (bicyclic) bond motifs is 3. The number of para-hydroxylation sites is 1. The van der Waals surface area contributed by atoms with Crippen LogP contribution in [0.5, 0.6) is 0 Å². The lowest BCUT2D eigenvalue weighted by Gasteiger charge is -2.26. The fourth-order valence-electron chi connectivity index (χ4n) is 6.30. The van der Waals surface area contributed by atoms with Crippen molar-refractivity contribution in [1.82, 2.24) is 14.4 Å². The number of aliphatic carboxylic acids is 1. The minimum atomic E-state index is -1.02. The van der Waals surface area contributed by atoms with E-state index in [1.807, 2.05) is 30.3 Å². The normalized spacial score (nSPS) is 17.4. The Bertz CT molecular complexity index is 2030. The summed E-state index contributed by atoms with van der Waals surface area (Å²) >= 11 is 12.1. The third kappa shape index (κ3) is 8.66. The number of rotatable bonds is 5. The summed E-state index contributed by atoms with van der Waals surface area (Å²) < 4.78 is 7.39. The summed E-state index contributed by atoms with van der Waals surface area (Å²) in [6.45, 7) is 16.4. The maximum Gasteiger partial charge on any atom is 0.411 e. The molecule has 1 aromatic heterocycles. The molecular weight excluding hydrogens is 693 g/mol. The number of hydrogen-bond donors (Lipinski definition) is 3. The van der Waals surface area contributed by atoms with Gasteiger partial charge in [-0.3, -0.25) is 9.69 Å². The Morgan fingerprint density at radius 2 is 1.43 bits per heavy atom. The molecule has 2 saturated heterocycles. The molecule has 2 fully saturated rings. The number of likely N-dealkylation sites (tertiary alicyclic amines) is 2. The Morgan fingerprint density at radius 3 is 2.06 bits per heavy atom. The van der Waals surface area contributed by atoms with Crippen molar-refractivity contribution < 1.29 is 29.0 Å². The molecule has 3 aromatic carbocycles. The van der Waals surface area contributed by atoms with Gasteiger partial charge in [0.2, 0.25) is 5.91 Å². The number of carboxylic acids is 1. The topological polar surface area (TPSA) is 133 Å². The molecule has 2 aliphatic rings. The zero-order valence-electron chi connectivity index (χ0n) is 29.0. The molecule has 0 radical (unpaired) electrons. The number of carbonyl (C=O) groups excluding carboxylic acids is 3. The van der Waals surface area contributed by atoms with Crippen LogP contribution in [0.2, 0.25) is 10.0 Å². The van der Waals surface area contributed by atoms with Gasteiger partial charge in [0.05, 0.1) is 0 Å². The zero-order valence-corrected chi connectivity index (χ0v) is 30.5. The van der Waals surface area contributed by atoms with E-state index in [9.17, 15) is 19.2 Å². The van der Waals surface area contributed by atoms with E-state index in [4.69, 9.17) is 33.0 Å². The Labute approximate surface area is 306 Å². The van der Waals surface area contributed by atoms with E-state index >= 15 is 0 Å². The summed E-state index contributed by atoms with van der Waals surface area (Å²) in [6, 6.07) is 17.0. The predicted octanol–water partition coefficient (Wildman–Crippen LogP) is 8.56. The number of anilines is 2. The van der Waals surface area contributed by atoms with Gasteiger partial charge in [-0.05, 0) is 76.6 Å². The maximum atomic E-state index is 13.3. The van der Waals surface area contributed by atoms with E-state index in [-0.39, 0.29) is 12.5 Å². The lowest BCUT2D eigenvalue weighted by Crippen LogP contribution is -2.45. The lowest BCUT2D eigenvalue weighted by atomic mass is 10.1. The van der Waals surface area contributed by atoms with E-state index in [0.717, 1.165) is 39.5 Å². The first-order valence-electron chi connectivity index (χ1n) is 16.5. The molecule has 4 amide bonds. The fourth-order valence-corrected chi connectivity index (χ4v) is 6.82. The average Bonchev–Trinajstić information content (AvgIpc) is 3.73. The summed E-state index contributed by atoms with van der Waals surface area (Å²) in [7, 11) is 0. The summed E-state index contributed by atoms with van der Waals surface area (Å²) in [5, 5.41) is 17.8. The molecule has 51 heavy (non-hydrogen) atoms. The van der Waals surface area contributed by atoms with Gasteiger partial charge < -0.3 is 29.9 Å². The number of urea groups is 1. The molecule has 0 saturated carbocycles. The number of carbonyl (C=O) groups is 4. The van der Waals surface area contributed by atoms with Crippen LogP contribution in [0.15, 0.2) is 85.0 Å². The van der Waals surface area contributed by atoms with Gasteiger partial charge in [0.1, 0.15) is 17.7 Å². The van der Waals surface area contributed by atoms with Crippen LogP contribution in [0.4, 0.5) is 21.0 Å². The van der Waals surface area contributed by atoms with Gasteiger partial charge in [-0.25, -0.2) is 14.4 Å². The first-order chi connectivity index (χ1) is 24.0. The summed E-state index contributed by atoms with van der Waals surface area (Å²) in [4.78, 5) is 51.6. The second kappa shape index (κ2) is 15.1. The van der Waals surface area contributed by atoms with Crippen LogP contribution in [0.25, 0.3) is 21.8 Å². The van der Waals surface area contributed by atoms with E-state index in [0.29, 0.717) is 40.8 Å². The van der Waals surface area contributed by atoms with Crippen LogP contribution >= 0.6 is 23.2 Å². The maximum absolute atomic E-state index is 13.3. The molecule has 0 bridgehead atoms. The Hall–Kier alpha value is -5.00. The van der Waals surface area contributed by atoms with Crippen molar-refractivity contribution in [3.8, 4) is 0 Å². The van der Waals surface area contributed by atoms with Gasteiger partial charge in [0.15, 0.2) is 0 Å². The predicted molar refractivity (Wildman–Crippen MR) is 202 cm³/mol. The van der Waals surface area contributed by atoms with E-state index in [2.05, 4.69) is 47.4 Å². The van der Waals surface area contributed by atoms with Gasteiger partial charge in [-0.15, -0.1) is 0 Å². The Balaban J connectivity index is 0.000000265. The molecule has 0 aliphatic carbocycles. The van der Waals surface area contributed by atoms with E-state index in [1.54, 1.807) is 39.0 Å². The fraction of sp³-hybridized carbons (Fsp3) is 0.316. The molecule has 0 spiro atoms. The molecule has 11 nitrogen and oxygen atoms in total. The first-order valence-corrected chi connectivity index (χ1v) is 17.2. The molecule has 4 aromatic rings. The number of carboxylic acid groups (broad SMARTS) is 1. The second-order valence-electron chi connectivity index (χ2n) is 13.6. The molecule has 268 valence electrons. The van der Waals surface area contributed by atoms with Gasteiger partial charge in [-0.2, -0.15) is 0 Å². The monoisotopic (exact) mass is 733 g/mol. The number of ether oxygens (including phenoxy) is 1. The van der Waals surface area contributed by atoms with E-state index < -0.39 is 35.8 Å². The van der Waals surface area contributed by atoms with Crippen LogP contribution in [0, 0.1) is 0 Å². The summed E-state index contributed by atoms with van der Waals surface area (Å²) in [5.41, 5.74) is 4.34. The third-order valence-corrected chi connectivity index (χ3v) is 8.89. The highest BCUT2D eigenvalue weighted by Gasteiger charge is 2.38. The molecule has 2 atom stereocenters. The van der Waals surface area contributed by atoms with Crippen molar-refractivity contribution in [2.75, 3.05) is 23.7 Å². The van der Waals surface area contributed by atoms with Gasteiger partial charge in [0.25, 0.3) is 0 Å². The molecule has 13 heteroatoms. The highest BCUT2D eigenvalue weighted by atomic mass is 35.5. The minimum Gasteiger partial charge on any atom is -0.480 e. The molecule has 2 aliphatic heterocycles. The third-order valence-electron chi connectivity index (χ3n) is 8.45. The quantitative estimate of drug-likeness (QED) is 0.176. The minimum absolute atomic E-state index is 0.256. The van der Waals surface area contributed by atoms with Crippen molar-refractivity contribution in [3.63, 3.8) is 0 Å². The van der Waals surface area contributed by atoms with Gasteiger partial charge >= 0.3 is 18.1 Å². The van der Waals surface area contributed by atoms with Gasteiger partial charge in [-0.1, -0.05) is 65.7 Å². The number of halogens is 2. The van der Waals surface area contributed by atoms with Crippen molar-refractivity contribution in [2.24, 2.45) is 0 Å². The number of benzene rings is 3.